The summed E-state index contributed by atoms with van der Waals surface area (Å²) in [6.45, 7) is 0. The summed E-state index contributed by atoms with van der Waals surface area (Å²) in [5.74, 6) is -4.62. The first-order valence-electron chi connectivity index (χ1n) is 4.75. The van der Waals surface area contributed by atoms with E-state index in [1.807, 2.05) is 10.6 Å². The average Bonchev–Trinajstić information content (AvgIpc) is 2.25. The first-order valence-corrected chi connectivity index (χ1v) is 5.29. The van der Waals surface area contributed by atoms with Gasteiger partial charge in [-0.05, 0) is 0 Å². The van der Waals surface area contributed by atoms with Crippen molar-refractivity contribution in [3.8, 4) is 0 Å². The molecule has 1 aromatic rings. The zero-order valence-corrected chi connectivity index (χ0v) is 9.65. The van der Waals surface area contributed by atoms with Crippen molar-refractivity contribution in [2.75, 3.05) is 11.2 Å². The SMILES string of the molecule is O=C(CCCl)NC(=O)Nc1cc(F)cc(F)c1F. The number of alkyl halides is 1. The van der Waals surface area contributed by atoms with Crippen molar-refractivity contribution < 1.29 is 22.8 Å². The van der Waals surface area contributed by atoms with Gasteiger partial charge in [-0.3, -0.25) is 10.1 Å². The number of rotatable bonds is 3. The summed E-state index contributed by atoms with van der Waals surface area (Å²) >= 11 is 5.26. The van der Waals surface area contributed by atoms with Crippen LogP contribution in [0.3, 0.4) is 0 Å². The molecule has 1 rings (SSSR count). The summed E-state index contributed by atoms with van der Waals surface area (Å²) in [4.78, 5) is 22.1. The highest BCUT2D eigenvalue weighted by atomic mass is 35.5. The van der Waals surface area contributed by atoms with Gasteiger partial charge in [0.15, 0.2) is 11.6 Å². The molecule has 3 amide bonds. The molecule has 1 aromatic carbocycles. The Morgan fingerprint density at radius 3 is 2.50 bits per heavy atom. The zero-order valence-electron chi connectivity index (χ0n) is 8.90. The van der Waals surface area contributed by atoms with Gasteiger partial charge in [0.2, 0.25) is 5.91 Å². The van der Waals surface area contributed by atoms with E-state index in [0.29, 0.717) is 12.1 Å². The fourth-order valence-electron chi connectivity index (χ4n) is 1.08. The van der Waals surface area contributed by atoms with Crippen LogP contribution in [0.5, 0.6) is 0 Å². The molecule has 0 heterocycles. The van der Waals surface area contributed by atoms with Gasteiger partial charge in [-0.25, -0.2) is 18.0 Å². The predicted molar refractivity (Wildman–Crippen MR) is 58.8 cm³/mol. The van der Waals surface area contributed by atoms with Crippen LogP contribution < -0.4 is 10.6 Å². The van der Waals surface area contributed by atoms with Crippen LogP contribution in [0, 0.1) is 17.5 Å². The minimum atomic E-state index is -1.45. The molecule has 0 saturated carbocycles. The number of carbonyl (C=O) groups excluding carboxylic acids is 2. The normalized spacial score (nSPS) is 10.0. The van der Waals surface area contributed by atoms with Crippen molar-refractivity contribution in [2.45, 2.75) is 6.42 Å². The van der Waals surface area contributed by atoms with Crippen molar-refractivity contribution in [2.24, 2.45) is 0 Å². The van der Waals surface area contributed by atoms with Crippen molar-refractivity contribution in [1.82, 2.24) is 5.32 Å². The van der Waals surface area contributed by atoms with Crippen LogP contribution in [-0.2, 0) is 4.79 Å². The molecule has 0 bridgehead atoms. The molecule has 0 aliphatic heterocycles. The van der Waals surface area contributed by atoms with Crippen LogP contribution in [0.2, 0.25) is 0 Å². The quantitative estimate of drug-likeness (QED) is 0.660. The number of hydrogen-bond donors (Lipinski definition) is 2. The van der Waals surface area contributed by atoms with Gasteiger partial charge in [-0.15, -0.1) is 11.6 Å². The molecule has 8 heteroatoms. The minimum absolute atomic E-state index is 0.00205. The van der Waals surface area contributed by atoms with E-state index >= 15 is 0 Å². The Balaban J connectivity index is 2.73. The summed E-state index contributed by atoms with van der Waals surface area (Å²) in [6.07, 6.45) is -0.116. The highest BCUT2D eigenvalue weighted by molar-refractivity contribution is 6.19. The third-order valence-corrected chi connectivity index (χ3v) is 2.00. The maximum absolute atomic E-state index is 13.1. The topological polar surface area (TPSA) is 58.2 Å². The van der Waals surface area contributed by atoms with E-state index in [-0.39, 0.29) is 12.3 Å². The molecule has 0 aromatic heterocycles. The Bertz CT molecular complexity index is 482. The summed E-state index contributed by atoms with van der Waals surface area (Å²) in [5, 5.41) is 3.62. The van der Waals surface area contributed by atoms with Crippen LogP contribution in [0.25, 0.3) is 0 Å². The molecule has 2 N–H and O–H groups in total. The van der Waals surface area contributed by atoms with Crippen LogP contribution in [0.1, 0.15) is 6.42 Å². The van der Waals surface area contributed by atoms with E-state index in [0.717, 1.165) is 0 Å². The molecular weight excluding hydrogens is 273 g/mol. The van der Waals surface area contributed by atoms with Crippen LogP contribution in [-0.4, -0.2) is 17.8 Å². The second kappa shape index (κ2) is 6.25. The molecule has 0 fully saturated rings. The van der Waals surface area contributed by atoms with E-state index < -0.39 is 35.1 Å². The number of carbonyl (C=O) groups is 2. The lowest BCUT2D eigenvalue weighted by Crippen LogP contribution is -2.34. The van der Waals surface area contributed by atoms with E-state index in [2.05, 4.69) is 0 Å². The van der Waals surface area contributed by atoms with E-state index in [1.165, 1.54) is 0 Å². The second-order valence-corrected chi connectivity index (χ2v) is 3.57. The molecule has 98 valence electrons. The van der Waals surface area contributed by atoms with Gasteiger partial charge in [0, 0.05) is 24.4 Å². The maximum atomic E-state index is 13.1. The molecule has 0 saturated heterocycles. The summed E-state index contributed by atoms with van der Waals surface area (Å²) in [6, 6.07) is -0.185. The standard InChI is InChI=1S/C10H8ClF3N2O2/c11-2-1-8(17)16-10(18)15-7-4-5(12)3-6(13)9(7)14/h3-4H,1-2H2,(H2,15,16,17,18). The Morgan fingerprint density at radius 2 is 1.89 bits per heavy atom. The number of urea groups is 1. The van der Waals surface area contributed by atoms with Gasteiger partial charge in [-0.2, -0.15) is 0 Å². The van der Waals surface area contributed by atoms with Gasteiger partial charge in [0.05, 0.1) is 5.69 Å². The summed E-state index contributed by atoms with van der Waals surface area (Å²) in [5.41, 5.74) is -0.705. The number of hydrogen-bond acceptors (Lipinski definition) is 2. The Hall–Kier alpha value is -1.76. The highest BCUT2D eigenvalue weighted by Gasteiger charge is 2.14. The zero-order chi connectivity index (χ0) is 13.7. The molecule has 0 aliphatic rings. The monoisotopic (exact) mass is 280 g/mol. The Morgan fingerprint density at radius 1 is 1.22 bits per heavy atom. The first kappa shape index (κ1) is 14.3. The van der Waals surface area contributed by atoms with Crippen molar-refractivity contribution in [3.05, 3.63) is 29.6 Å². The molecular formula is C10H8ClF3N2O2. The molecule has 4 nitrogen and oxygen atoms in total. The molecule has 0 aliphatic carbocycles. The fourth-order valence-corrected chi connectivity index (χ4v) is 1.25. The number of nitrogens with one attached hydrogen (secondary N) is 2. The lowest BCUT2D eigenvalue weighted by Gasteiger charge is -2.07. The minimum Gasteiger partial charge on any atom is -0.305 e. The van der Waals surface area contributed by atoms with E-state index in [1.54, 1.807) is 0 Å². The van der Waals surface area contributed by atoms with E-state index in [9.17, 15) is 22.8 Å². The molecule has 0 atom stereocenters. The third-order valence-electron chi connectivity index (χ3n) is 1.82. The van der Waals surface area contributed by atoms with Gasteiger partial charge < -0.3 is 5.32 Å². The number of benzene rings is 1. The molecule has 0 spiro atoms. The number of imide groups is 1. The highest BCUT2D eigenvalue weighted by Crippen LogP contribution is 2.18. The summed E-state index contributed by atoms with van der Waals surface area (Å²) < 4.78 is 38.7. The van der Waals surface area contributed by atoms with Gasteiger partial charge >= 0.3 is 6.03 Å². The van der Waals surface area contributed by atoms with Crippen LogP contribution in [0.4, 0.5) is 23.7 Å². The second-order valence-electron chi connectivity index (χ2n) is 3.19. The molecule has 0 unspecified atom stereocenters. The molecule has 18 heavy (non-hydrogen) atoms. The lowest BCUT2D eigenvalue weighted by atomic mass is 10.3. The number of anilines is 1. The van der Waals surface area contributed by atoms with Crippen molar-refractivity contribution in [3.63, 3.8) is 0 Å². The van der Waals surface area contributed by atoms with E-state index in [4.69, 9.17) is 11.6 Å². The van der Waals surface area contributed by atoms with Gasteiger partial charge in [0.1, 0.15) is 5.82 Å². The average molecular weight is 281 g/mol. The summed E-state index contributed by atoms with van der Waals surface area (Å²) in [7, 11) is 0. The Labute approximate surface area is 105 Å². The van der Waals surface area contributed by atoms with Gasteiger partial charge in [0.25, 0.3) is 0 Å². The number of amides is 3. The largest absolute Gasteiger partial charge is 0.325 e. The first-order chi connectivity index (χ1) is 8.43. The molecule has 0 radical (unpaired) electrons. The van der Waals surface area contributed by atoms with Crippen LogP contribution in [0.15, 0.2) is 12.1 Å². The lowest BCUT2D eigenvalue weighted by molar-refractivity contribution is -0.119. The maximum Gasteiger partial charge on any atom is 0.325 e. The van der Waals surface area contributed by atoms with Crippen molar-refractivity contribution in [1.29, 1.82) is 0 Å². The van der Waals surface area contributed by atoms with Crippen LogP contribution >= 0.6 is 11.6 Å². The Kier molecular flexibility index (Phi) is 4.96. The van der Waals surface area contributed by atoms with Gasteiger partial charge in [-0.1, -0.05) is 0 Å². The predicted octanol–water partition coefficient (Wildman–Crippen LogP) is 2.38. The number of halogens is 4. The fraction of sp³-hybridized carbons (Fsp3) is 0.200. The van der Waals surface area contributed by atoms with Crippen molar-refractivity contribution >= 4 is 29.2 Å². The third kappa shape index (κ3) is 3.92. The smallest absolute Gasteiger partial charge is 0.305 e.